The highest BCUT2D eigenvalue weighted by Crippen LogP contribution is 2.16. The Bertz CT molecular complexity index is 483. The van der Waals surface area contributed by atoms with Gasteiger partial charge in [0.25, 0.3) is 0 Å². The Labute approximate surface area is 139 Å². The lowest BCUT2D eigenvalue weighted by Crippen LogP contribution is -2.53. The van der Waals surface area contributed by atoms with Crippen LogP contribution in [0.3, 0.4) is 0 Å². The average Bonchev–Trinajstić information content (AvgIpc) is 2.59. The van der Waals surface area contributed by atoms with Gasteiger partial charge >= 0.3 is 0 Å². The maximum absolute atomic E-state index is 12.0. The van der Waals surface area contributed by atoms with Crippen LogP contribution in [0.2, 0.25) is 0 Å². The molecule has 1 amide bonds. The predicted molar refractivity (Wildman–Crippen MR) is 95.5 cm³/mol. The van der Waals surface area contributed by atoms with Gasteiger partial charge in [0.2, 0.25) is 5.91 Å². The van der Waals surface area contributed by atoms with E-state index in [1.54, 1.807) is 0 Å². The van der Waals surface area contributed by atoms with E-state index in [0.717, 1.165) is 26.2 Å². The van der Waals surface area contributed by atoms with Gasteiger partial charge in [0.1, 0.15) is 0 Å². The summed E-state index contributed by atoms with van der Waals surface area (Å²) in [6.07, 6.45) is 0. The van der Waals surface area contributed by atoms with Gasteiger partial charge in [-0.2, -0.15) is 0 Å². The second-order valence-corrected chi connectivity index (χ2v) is 6.60. The molecule has 1 aromatic rings. The first-order chi connectivity index (χ1) is 11.0. The minimum Gasteiger partial charge on any atom is -0.369 e. The van der Waals surface area contributed by atoms with Crippen molar-refractivity contribution < 1.29 is 4.79 Å². The van der Waals surface area contributed by atoms with E-state index in [1.165, 1.54) is 5.69 Å². The van der Waals surface area contributed by atoms with Gasteiger partial charge in [-0.3, -0.25) is 9.69 Å². The number of nitrogens with two attached hydrogens (primary N) is 1. The zero-order chi connectivity index (χ0) is 16.8. The Kier molecular flexibility index (Phi) is 6.42. The molecule has 3 unspecified atom stereocenters. The van der Waals surface area contributed by atoms with Crippen molar-refractivity contribution in [2.75, 3.05) is 37.6 Å². The molecule has 5 heteroatoms. The molecule has 3 atom stereocenters. The number of hydrogen-bond acceptors (Lipinski definition) is 4. The number of carbonyl (C=O) groups is 1. The molecule has 0 aromatic heterocycles. The highest BCUT2D eigenvalue weighted by Gasteiger charge is 2.23. The lowest BCUT2D eigenvalue weighted by Gasteiger charge is -2.39. The number of nitrogens with zero attached hydrogens (tertiary/aromatic N) is 2. The molecule has 23 heavy (non-hydrogen) atoms. The predicted octanol–water partition coefficient (Wildman–Crippen LogP) is 1.30. The fourth-order valence-electron chi connectivity index (χ4n) is 2.84. The topological polar surface area (TPSA) is 61.6 Å². The summed E-state index contributed by atoms with van der Waals surface area (Å²) in [5.41, 5.74) is 7.07. The quantitative estimate of drug-likeness (QED) is 0.830. The van der Waals surface area contributed by atoms with E-state index in [0.29, 0.717) is 12.6 Å². The van der Waals surface area contributed by atoms with Crippen LogP contribution in [-0.4, -0.2) is 55.6 Å². The lowest BCUT2D eigenvalue weighted by molar-refractivity contribution is -0.125. The summed E-state index contributed by atoms with van der Waals surface area (Å²) < 4.78 is 0. The second kappa shape index (κ2) is 8.31. The number of piperazine rings is 1. The maximum atomic E-state index is 12.0. The van der Waals surface area contributed by atoms with Crippen LogP contribution in [0.25, 0.3) is 0 Å². The van der Waals surface area contributed by atoms with Crippen LogP contribution in [0, 0.1) is 5.92 Å². The molecule has 1 aliphatic rings. The number of hydrogen-bond donors (Lipinski definition) is 2. The summed E-state index contributed by atoms with van der Waals surface area (Å²) in [7, 11) is 0. The maximum Gasteiger partial charge on any atom is 0.224 e. The van der Waals surface area contributed by atoms with Crippen LogP contribution in [0.1, 0.15) is 20.8 Å². The number of carbonyl (C=O) groups excluding carboxylic acids is 1. The van der Waals surface area contributed by atoms with Gasteiger partial charge in [-0.1, -0.05) is 25.1 Å². The molecule has 0 aliphatic carbocycles. The molecule has 1 heterocycles. The average molecular weight is 318 g/mol. The largest absolute Gasteiger partial charge is 0.369 e. The molecule has 1 saturated heterocycles. The first-order valence-electron chi connectivity index (χ1n) is 8.56. The number of amides is 1. The van der Waals surface area contributed by atoms with Gasteiger partial charge in [-0.05, 0) is 26.0 Å². The highest BCUT2D eigenvalue weighted by molar-refractivity contribution is 5.78. The second-order valence-electron chi connectivity index (χ2n) is 6.60. The standard InChI is InChI=1S/C18H30N4O/c1-14(13-20-18(23)15(2)16(3)19)21-9-11-22(12-10-21)17-7-5-4-6-8-17/h4-8,14-16H,9-13,19H2,1-3H3,(H,20,23). The minimum atomic E-state index is -0.142. The molecule has 3 N–H and O–H groups in total. The Hall–Kier alpha value is -1.59. The van der Waals surface area contributed by atoms with Gasteiger partial charge in [0.15, 0.2) is 0 Å². The van der Waals surface area contributed by atoms with E-state index < -0.39 is 0 Å². The normalized spacial score (nSPS) is 19.9. The van der Waals surface area contributed by atoms with Gasteiger partial charge in [-0.25, -0.2) is 0 Å². The van der Waals surface area contributed by atoms with E-state index in [2.05, 4.69) is 46.3 Å². The molecular formula is C18H30N4O. The van der Waals surface area contributed by atoms with Crippen molar-refractivity contribution in [1.29, 1.82) is 0 Å². The Morgan fingerprint density at radius 1 is 1.13 bits per heavy atom. The molecule has 2 rings (SSSR count). The summed E-state index contributed by atoms with van der Waals surface area (Å²) in [5.74, 6) is -0.0908. The Balaban J connectivity index is 1.75. The molecule has 5 nitrogen and oxygen atoms in total. The molecule has 1 aliphatic heterocycles. The van der Waals surface area contributed by atoms with Crippen molar-refractivity contribution >= 4 is 11.6 Å². The fraction of sp³-hybridized carbons (Fsp3) is 0.611. The van der Waals surface area contributed by atoms with Crippen molar-refractivity contribution in [2.24, 2.45) is 11.7 Å². The number of anilines is 1. The van der Waals surface area contributed by atoms with Gasteiger partial charge in [0, 0.05) is 56.4 Å². The lowest BCUT2D eigenvalue weighted by atomic mass is 10.0. The van der Waals surface area contributed by atoms with Gasteiger partial charge in [0.05, 0.1) is 0 Å². The van der Waals surface area contributed by atoms with Crippen molar-refractivity contribution in [1.82, 2.24) is 10.2 Å². The van der Waals surface area contributed by atoms with Crippen molar-refractivity contribution in [3.8, 4) is 0 Å². The van der Waals surface area contributed by atoms with Crippen LogP contribution < -0.4 is 16.0 Å². The molecule has 0 bridgehead atoms. The first-order valence-corrected chi connectivity index (χ1v) is 8.56. The zero-order valence-corrected chi connectivity index (χ0v) is 14.5. The summed E-state index contributed by atoms with van der Waals surface area (Å²) in [5, 5.41) is 3.03. The summed E-state index contributed by atoms with van der Waals surface area (Å²) in [6, 6.07) is 10.8. The van der Waals surface area contributed by atoms with Gasteiger partial charge < -0.3 is 16.0 Å². The fourth-order valence-corrected chi connectivity index (χ4v) is 2.84. The third-order valence-electron chi connectivity index (χ3n) is 4.83. The number of rotatable bonds is 6. The minimum absolute atomic E-state index is 0.0507. The summed E-state index contributed by atoms with van der Waals surface area (Å²) in [4.78, 5) is 16.8. The SMILES string of the molecule is CC(N)C(C)C(=O)NCC(C)N1CCN(c2ccccc2)CC1. The van der Waals surface area contributed by atoms with Gasteiger partial charge in [-0.15, -0.1) is 0 Å². The van der Waals surface area contributed by atoms with Crippen LogP contribution in [0.4, 0.5) is 5.69 Å². The molecule has 0 saturated carbocycles. The van der Waals surface area contributed by atoms with Crippen LogP contribution in [0.5, 0.6) is 0 Å². The third kappa shape index (κ3) is 4.94. The summed E-state index contributed by atoms with van der Waals surface area (Å²) >= 11 is 0. The Morgan fingerprint density at radius 3 is 2.30 bits per heavy atom. The van der Waals surface area contributed by atoms with E-state index in [-0.39, 0.29) is 17.9 Å². The van der Waals surface area contributed by atoms with Crippen LogP contribution in [0.15, 0.2) is 30.3 Å². The number of para-hydroxylation sites is 1. The molecule has 1 fully saturated rings. The number of nitrogens with one attached hydrogen (secondary N) is 1. The molecule has 128 valence electrons. The highest BCUT2D eigenvalue weighted by atomic mass is 16.1. The van der Waals surface area contributed by atoms with Crippen molar-refractivity contribution in [3.63, 3.8) is 0 Å². The summed E-state index contributed by atoms with van der Waals surface area (Å²) in [6.45, 7) is 10.7. The van der Waals surface area contributed by atoms with Crippen molar-refractivity contribution in [3.05, 3.63) is 30.3 Å². The molecule has 0 spiro atoms. The van der Waals surface area contributed by atoms with E-state index in [9.17, 15) is 4.79 Å². The van der Waals surface area contributed by atoms with E-state index in [4.69, 9.17) is 5.73 Å². The molecule has 1 aromatic carbocycles. The smallest absolute Gasteiger partial charge is 0.224 e. The Morgan fingerprint density at radius 2 is 1.74 bits per heavy atom. The van der Waals surface area contributed by atoms with E-state index >= 15 is 0 Å². The van der Waals surface area contributed by atoms with E-state index in [1.807, 2.05) is 19.9 Å². The molecular weight excluding hydrogens is 288 g/mol. The zero-order valence-electron chi connectivity index (χ0n) is 14.5. The number of benzene rings is 1. The third-order valence-corrected chi connectivity index (χ3v) is 4.83. The van der Waals surface area contributed by atoms with Crippen molar-refractivity contribution in [2.45, 2.75) is 32.9 Å². The van der Waals surface area contributed by atoms with Crippen LogP contribution in [-0.2, 0) is 4.79 Å². The first kappa shape index (κ1) is 17.8. The molecule has 0 radical (unpaired) electrons. The van der Waals surface area contributed by atoms with Crippen LogP contribution >= 0.6 is 0 Å². The monoisotopic (exact) mass is 318 g/mol.